The molecule has 0 aliphatic carbocycles. The minimum Gasteiger partial charge on any atom is -0.257 e. The average molecular weight is 177 g/mol. The Balaban J connectivity index is 2.74. The van der Waals surface area contributed by atoms with Crippen LogP contribution < -0.4 is 0 Å². The molecule has 13 heavy (non-hydrogen) atoms. The Kier molecular flexibility index (Phi) is 3.55. The lowest BCUT2D eigenvalue weighted by Gasteiger charge is -2.00. The van der Waals surface area contributed by atoms with Gasteiger partial charge in [0.25, 0.3) is 0 Å². The van der Waals surface area contributed by atoms with Crippen molar-refractivity contribution in [2.45, 2.75) is 27.2 Å². The van der Waals surface area contributed by atoms with Crippen molar-refractivity contribution in [2.24, 2.45) is 10.9 Å². The molecular formula is C10H15N3. The second kappa shape index (κ2) is 4.70. The minimum atomic E-state index is 0.514. The van der Waals surface area contributed by atoms with E-state index in [1.165, 1.54) is 6.33 Å². The first kappa shape index (κ1) is 9.84. The highest BCUT2D eigenvalue weighted by Gasteiger charge is 1.96. The van der Waals surface area contributed by atoms with Gasteiger partial charge in [-0.1, -0.05) is 13.8 Å². The predicted octanol–water partition coefficient (Wildman–Crippen LogP) is 2.53. The lowest BCUT2D eigenvalue weighted by molar-refractivity contribution is 0.754. The Morgan fingerprint density at radius 1 is 1.62 bits per heavy atom. The van der Waals surface area contributed by atoms with Gasteiger partial charge in [-0.05, 0) is 19.3 Å². The van der Waals surface area contributed by atoms with Crippen molar-refractivity contribution in [3.8, 4) is 0 Å². The normalized spacial score (nSPS) is 13.5. The summed E-state index contributed by atoms with van der Waals surface area (Å²) in [6.45, 7) is 6.22. The number of aliphatic imine (C=N–C) groups is 1. The van der Waals surface area contributed by atoms with Crippen LogP contribution in [0, 0.1) is 12.8 Å². The van der Waals surface area contributed by atoms with Crippen molar-refractivity contribution in [3.63, 3.8) is 0 Å². The van der Waals surface area contributed by atoms with Crippen molar-refractivity contribution in [1.82, 2.24) is 9.97 Å². The maximum atomic E-state index is 4.33. The smallest absolute Gasteiger partial charge is 0.115 e. The van der Waals surface area contributed by atoms with E-state index in [0.717, 1.165) is 17.8 Å². The monoisotopic (exact) mass is 177 g/mol. The van der Waals surface area contributed by atoms with Crippen molar-refractivity contribution in [3.05, 3.63) is 18.2 Å². The van der Waals surface area contributed by atoms with Crippen LogP contribution in [0.5, 0.6) is 0 Å². The molecule has 1 atom stereocenters. The van der Waals surface area contributed by atoms with Crippen molar-refractivity contribution in [2.75, 3.05) is 0 Å². The molecule has 0 N–H and O–H groups in total. The molecule has 1 aromatic rings. The Hall–Kier alpha value is -1.25. The van der Waals surface area contributed by atoms with E-state index in [-0.39, 0.29) is 0 Å². The molecule has 0 aliphatic rings. The molecule has 0 bridgehead atoms. The summed E-state index contributed by atoms with van der Waals surface area (Å²) in [6, 6.07) is 0. The zero-order valence-electron chi connectivity index (χ0n) is 8.36. The van der Waals surface area contributed by atoms with E-state index in [9.17, 15) is 0 Å². The number of aryl methyl sites for hydroxylation is 1. The molecule has 0 fully saturated rings. The molecule has 70 valence electrons. The molecule has 0 saturated heterocycles. The molecule has 0 amide bonds. The van der Waals surface area contributed by atoms with Gasteiger partial charge < -0.3 is 0 Å². The molecule has 1 rings (SSSR count). The van der Waals surface area contributed by atoms with Crippen LogP contribution in [0.1, 0.15) is 26.0 Å². The first-order valence-corrected chi connectivity index (χ1v) is 4.54. The van der Waals surface area contributed by atoms with Crippen LogP contribution in [0.15, 0.2) is 17.5 Å². The van der Waals surface area contributed by atoms with Crippen molar-refractivity contribution in [1.29, 1.82) is 0 Å². The summed E-state index contributed by atoms with van der Waals surface area (Å²) in [5, 5.41) is 0. The molecule has 0 radical (unpaired) electrons. The molecule has 3 nitrogen and oxygen atoms in total. The van der Waals surface area contributed by atoms with E-state index in [1.54, 1.807) is 6.20 Å². The zero-order valence-corrected chi connectivity index (χ0v) is 8.36. The number of nitrogens with zero attached hydrogens (tertiary/aromatic N) is 3. The molecule has 3 heteroatoms. The fourth-order valence-electron chi connectivity index (χ4n) is 0.823. The van der Waals surface area contributed by atoms with Crippen LogP contribution in [0.25, 0.3) is 0 Å². The molecule has 1 unspecified atom stereocenters. The van der Waals surface area contributed by atoms with E-state index < -0.39 is 0 Å². The molecule has 0 aromatic carbocycles. The number of rotatable bonds is 3. The van der Waals surface area contributed by atoms with E-state index >= 15 is 0 Å². The summed E-state index contributed by atoms with van der Waals surface area (Å²) in [6.07, 6.45) is 6.33. The third-order valence-electron chi connectivity index (χ3n) is 2.00. The van der Waals surface area contributed by atoms with Crippen LogP contribution in [-0.4, -0.2) is 16.2 Å². The van der Waals surface area contributed by atoms with Crippen molar-refractivity contribution < 1.29 is 0 Å². The van der Waals surface area contributed by atoms with Gasteiger partial charge in [0.05, 0.1) is 11.9 Å². The van der Waals surface area contributed by atoms with E-state index in [1.807, 2.05) is 13.1 Å². The second-order valence-corrected chi connectivity index (χ2v) is 3.16. The van der Waals surface area contributed by atoms with Gasteiger partial charge in [0, 0.05) is 6.21 Å². The van der Waals surface area contributed by atoms with Crippen LogP contribution in [-0.2, 0) is 0 Å². The topological polar surface area (TPSA) is 38.1 Å². The van der Waals surface area contributed by atoms with E-state index in [0.29, 0.717) is 5.92 Å². The Labute approximate surface area is 79.0 Å². The summed E-state index contributed by atoms with van der Waals surface area (Å²) < 4.78 is 0. The third-order valence-corrected chi connectivity index (χ3v) is 2.00. The molecule has 0 aliphatic heterocycles. The summed E-state index contributed by atoms with van der Waals surface area (Å²) in [4.78, 5) is 12.3. The van der Waals surface area contributed by atoms with Gasteiger partial charge in [0.15, 0.2) is 0 Å². The number of aromatic nitrogens is 2. The molecule has 0 saturated carbocycles. The van der Waals surface area contributed by atoms with Gasteiger partial charge >= 0.3 is 0 Å². The number of hydrogen-bond donors (Lipinski definition) is 0. The lowest BCUT2D eigenvalue weighted by atomic mass is 10.1. The maximum absolute atomic E-state index is 4.33. The van der Waals surface area contributed by atoms with Gasteiger partial charge in [-0.2, -0.15) is 0 Å². The average Bonchev–Trinajstić information content (AvgIpc) is 2.16. The van der Waals surface area contributed by atoms with Crippen LogP contribution in [0.3, 0.4) is 0 Å². The largest absolute Gasteiger partial charge is 0.257 e. The van der Waals surface area contributed by atoms with E-state index in [2.05, 4.69) is 28.8 Å². The molecule has 1 aromatic heterocycles. The maximum Gasteiger partial charge on any atom is 0.115 e. The summed E-state index contributed by atoms with van der Waals surface area (Å²) in [5.74, 6) is 0.514. The van der Waals surface area contributed by atoms with Gasteiger partial charge in [0.2, 0.25) is 0 Å². The summed E-state index contributed by atoms with van der Waals surface area (Å²) >= 11 is 0. The molecular weight excluding hydrogens is 162 g/mol. The first-order chi connectivity index (χ1) is 6.24. The van der Waals surface area contributed by atoms with Crippen LogP contribution in [0.2, 0.25) is 0 Å². The second-order valence-electron chi connectivity index (χ2n) is 3.16. The van der Waals surface area contributed by atoms with Gasteiger partial charge in [-0.3, -0.25) is 4.99 Å². The first-order valence-electron chi connectivity index (χ1n) is 4.54. The van der Waals surface area contributed by atoms with Crippen molar-refractivity contribution >= 4 is 11.9 Å². The zero-order chi connectivity index (χ0) is 9.68. The standard InChI is InChI=1S/C10H15N3/c1-4-8(2)5-12-10-6-11-7-13-9(10)3/h5-8H,4H2,1-3H3. The highest BCUT2D eigenvalue weighted by atomic mass is 14.9. The fourth-order valence-corrected chi connectivity index (χ4v) is 0.823. The highest BCUT2D eigenvalue weighted by molar-refractivity contribution is 5.65. The van der Waals surface area contributed by atoms with Gasteiger partial charge in [0.1, 0.15) is 12.0 Å². The van der Waals surface area contributed by atoms with Crippen LogP contribution in [0.4, 0.5) is 5.69 Å². The molecule has 1 heterocycles. The number of hydrogen-bond acceptors (Lipinski definition) is 3. The van der Waals surface area contributed by atoms with Gasteiger partial charge in [-0.15, -0.1) is 0 Å². The van der Waals surface area contributed by atoms with E-state index in [4.69, 9.17) is 0 Å². The Morgan fingerprint density at radius 2 is 2.38 bits per heavy atom. The van der Waals surface area contributed by atoms with Crippen LogP contribution >= 0.6 is 0 Å². The third kappa shape index (κ3) is 2.93. The lowest BCUT2D eigenvalue weighted by Crippen LogP contribution is -1.92. The Bertz CT molecular complexity index is 294. The summed E-state index contributed by atoms with van der Waals surface area (Å²) in [5.41, 5.74) is 1.79. The fraction of sp³-hybridized carbons (Fsp3) is 0.500. The Morgan fingerprint density at radius 3 is 3.00 bits per heavy atom. The highest BCUT2D eigenvalue weighted by Crippen LogP contribution is 2.13. The predicted molar refractivity (Wildman–Crippen MR) is 54.4 cm³/mol. The van der Waals surface area contributed by atoms with Gasteiger partial charge in [-0.25, -0.2) is 9.97 Å². The molecule has 0 spiro atoms. The SMILES string of the molecule is CCC(C)C=Nc1cncnc1C. The summed E-state index contributed by atoms with van der Waals surface area (Å²) in [7, 11) is 0. The minimum absolute atomic E-state index is 0.514. The quantitative estimate of drug-likeness (QED) is 0.665.